The molecular formula is C47H57Cl2N7O4. The lowest BCUT2D eigenvalue weighted by Crippen LogP contribution is -2.44. The first-order valence-corrected chi connectivity index (χ1v) is 21.2. The number of ether oxygens (including phenoxy) is 1. The van der Waals surface area contributed by atoms with Crippen molar-refractivity contribution in [2.45, 2.75) is 67.0 Å². The van der Waals surface area contributed by atoms with Gasteiger partial charge in [0.1, 0.15) is 24.1 Å². The van der Waals surface area contributed by atoms with Gasteiger partial charge in [0, 0.05) is 89.7 Å². The van der Waals surface area contributed by atoms with Crippen molar-refractivity contribution < 1.29 is 19.4 Å². The van der Waals surface area contributed by atoms with Gasteiger partial charge >= 0.3 is 5.97 Å². The number of benzene rings is 3. The van der Waals surface area contributed by atoms with E-state index in [1.807, 2.05) is 57.5 Å². The van der Waals surface area contributed by atoms with Crippen LogP contribution in [0.1, 0.15) is 69.3 Å². The number of carbonyl (C=O) groups is 2. The van der Waals surface area contributed by atoms with Crippen molar-refractivity contribution in [3.8, 4) is 28.1 Å². The Morgan fingerprint density at radius 3 is 2.18 bits per heavy atom. The van der Waals surface area contributed by atoms with Gasteiger partial charge in [0.15, 0.2) is 0 Å². The molecule has 0 aliphatic carbocycles. The number of piperazine rings is 1. The Labute approximate surface area is 363 Å². The molecule has 1 atom stereocenters. The van der Waals surface area contributed by atoms with Crippen LogP contribution in [0, 0.1) is 34.6 Å². The molecular weight excluding hydrogens is 797 g/mol. The monoisotopic (exact) mass is 853 g/mol. The second-order valence-corrected chi connectivity index (χ2v) is 16.9. The summed E-state index contributed by atoms with van der Waals surface area (Å²) >= 11 is 13.8. The molecule has 3 aromatic heterocycles. The molecule has 11 nitrogen and oxygen atoms in total. The Morgan fingerprint density at radius 2 is 1.57 bits per heavy atom. The summed E-state index contributed by atoms with van der Waals surface area (Å²) in [5.41, 5.74) is 11.9. The maximum absolute atomic E-state index is 12.5. The number of likely N-dealkylation sites (N-methyl/N-ethyl adjacent to an activating group) is 2. The van der Waals surface area contributed by atoms with Gasteiger partial charge in [0.05, 0.1) is 34.9 Å². The van der Waals surface area contributed by atoms with Crippen LogP contribution in [0.5, 0.6) is 5.75 Å². The van der Waals surface area contributed by atoms with E-state index in [0.29, 0.717) is 31.1 Å². The zero-order valence-corrected chi connectivity index (χ0v) is 37.8. The third kappa shape index (κ3) is 8.83. The molecule has 7 rings (SSSR count). The molecule has 4 heterocycles. The highest BCUT2D eigenvalue weighted by Crippen LogP contribution is 2.47. The standard InChI is InChI=1S/C46H55Cl2N7O3.CH2O/c1-26-19-32-23-38(46(56)57)53(9)43(32)36(20-26)44-34(11-10-18-58-33-21-27(2)42(48)28(3)22-33)35-12-13-37(47)41(45(35)55(44)29(4)24-49-7)40-30(5)50-39(51-31(40)6)25-54-16-14-52(8)15-17-54;1-2/h12-13,19-23,29,49H,10-11,14-18,24-25H2,1-9H3,(H,56,57);1H2/t29-;/m1./s1. The molecule has 0 unspecified atom stereocenters. The van der Waals surface area contributed by atoms with E-state index in [1.165, 1.54) is 0 Å². The number of aromatic carboxylic acids is 1. The van der Waals surface area contributed by atoms with E-state index in [1.54, 1.807) is 6.07 Å². The summed E-state index contributed by atoms with van der Waals surface area (Å²) in [6.07, 6.45) is 1.43. The van der Waals surface area contributed by atoms with Gasteiger partial charge in [0.2, 0.25) is 0 Å². The minimum absolute atomic E-state index is 0.0301. The zero-order valence-electron chi connectivity index (χ0n) is 36.3. The lowest BCUT2D eigenvalue weighted by Gasteiger charge is -2.31. The number of carboxylic acid groups (broad SMARTS) is 1. The van der Waals surface area contributed by atoms with Crippen molar-refractivity contribution in [2.75, 3.05) is 53.4 Å². The number of halogens is 2. The minimum Gasteiger partial charge on any atom is -0.494 e. The average molecular weight is 855 g/mol. The Bertz CT molecular complexity index is 2510. The van der Waals surface area contributed by atoms with Crippen molar-refractivity contribution in [1.82, 2.24) is 34.2 Å². The van der Waals surface area contributed by atoms with Gasteiger partial charge in [-0.15, -0.1) is 0 Å². The summed E-state index contributed by atoms with van der Waals surface area (Å²) in [5.74, 6) is 0.650. The van der Waals surface area contributed by atoms with E-state index < -0.39 is 5.97 Å². The van der Waals surface area contributed by atoms with Crippen molar-refractivity contribution in [1.29, 1.82) is 0 Å². The number of hydrogen-bond donors (Lipinski definition) is 2. The number of carbonyl (C=O) groups excluding carboxylic acids is 1. The predicted octanol–water partition coefficient (Wildman–Crippen LogP) is 9.16. The molecule has 318 valence electrons. The van der Waals surface area contributed by atoms with Crippen LogP contribution in [-0.2, 0) is 24.8 Å². The molecule has 13 heteroatoms. The maximum Gasteiger partial charge on any atom is 0.352 e. The molecule has 0 amide bonds. The first kappa shape index (κ1) is 44.8. The molecule has 1 fully saturated rings. The van der Waals surface area contributed by atoms with E-state index in [0.717, 1.165) is 127 Å². The molecule has 0 saturated carbocycles. The Balaban J connectivity index is 0.00000297. The largest absolute Gasteiger partial charge is 0.494 e. The summed E-state index contributed by atoms with van der Waals surface area (Å²) in [5, 5.41) is 17.0. The van der Waals surface area contributed by atoms with Gasteiger partial charge in [-0.3, -0.25) is 4.90 Å². The third-order valence-corrected chi connectivity index (χ3v) is 12.6. The smallest absolute Gasteiger partial charge is 0.352 e. The fourth-order valence-corrected chi connectivity index (χ4v) is 9.31. The molecule has 60 heavy (non-hydrogen) atoms. The van der Waals surface area contributed by atoms with Crippen LogP contribution >= 0.6 is 23.2 Å². The van der Waals surface area contributed by atoms with Gasteiger partial charge in [-0.25, -0.2) is 14.8 Å². The number of carboxylic acids is 1. The second-order valence-electron chi connectivity index (χ2n) is 16.2. The summed E-state index contributed by atoms with van der Waals surface area (Å²) in [7, 11) is 5.97. The number of aromatic nitrogens is 4. The fraction of sp³-hybridized carbons (Fsp3) is 0.404. The summed E-state index contributed by atoms with van der Waals surface area (Å²) in [4.78, 5) is 35.5. The molecule has 3 aromatic carbocycles. The quantitative estimate of drug-likeness (QED) is 0.110. The number of aryl methyl sites for hydroxylation is 7. The van der Waals surface area contributed by atoms with E-state index in [-0.39, 0.29) is 11.7 Å². The van der Waals surface area contributed by atoms with Crippen molar-refractivity contribution in [3.63, 3.8) is 0 Å². The second kappa shape index (κ2) is 18.9. The average Bonchev–Trinajstić information content (AvgIpc) is 3.71. The fourth-order valence-electron chi connectivity index (χ4n) is 8.95. The van der Waals surface area contributed by atoms with E-state index >= 15 is 0 Å². The Hall–Kier alpha value is -4.78. The van der Waals surface area contributed by atoms with Crippen LogP contribution in [0.25, 0.3) is 44.2 Å². The SMILES string of the molecule is C=O.CNC[C@@H](C)n1c(-c2cc(C)cc3cc(C(=O)O)n(C)c23)c(CCCOc2cc(C)c(Cl)c(C)c2)c2ccc(Cl)c(-c3c(C)nc(CN4CCN(C)CC4)nc3C)c21. The number of fused-ring (bicyclic) bond motifs is 2. The predicted molar refractivity (Wildman–Crippen MR) is 244 cm³/mol. The Kier molecular flexibility index (Phi) is 14.1. The van der Waals surface area contributed by atoms with Crippen LogP contribution in [0.3, 0.4) is 0 Å². The minimum atomic E-state index is -0.965. The molecule has 2 N–H and O–H groups in total. The highest BCUT2D eigenvalue weighted by Gasteiger charge is 2.30. The number of nitrogens with zero attached hydrogens (tertiary/aromatic N) is 6. The van der Waals surface area contributed by atoms with E-state index in [4.69, 9.17) is 42.7 Å². The van der Waals surface area contributed by atoms with Gasteiger partial charge in [-0.2, -0.15) is 0 Å². The number of nitrogens with one attached hydrogen (secondary N) is 1. The molecule has 6 aromatic rings. The van der Waals surface area contributed by atoms with Crippen molar-refractivity contribution >= 4 is 57.8 Å². The molecule has 0 spiro atoms. The molecule has 1 saturated heterocycles. The molecule has 0 bridgehead atoms. The summed E-state index contributed by atoms with van der Waals surface area (Å²) in [6, 6.07) is 14.1. The van der Waals surface area contributed by atoms with Gasteiger partial charge in [-0.05, 0) is 127 Å². The first-order chi connectivity index (χ1) is 28.7. The highest BCUT2D eigenvalue weighted by molar-refractivity contribution is 6.35. The maximum atomic E-state index is 12.5. The van der Waals surface area contributed by atoms with E-state index in [9.17, 15) is 9.90 Å². The summed E-state index contributed by atoms with van der Waals surface area (Å²) < 4.78 is 10.6. The van der Waals surface area contributed by atoms with E-state index in [2.05, 4.69) is 72.6 Å². The van der Waals surface area contributed by atoms with Gasteiger partial charge < -0.3 is 34.0 Å². The zero-order chi connectivity index (χ0) is 43.6. The van der Waals surface area contributed by atoms with Crippen LogP contribution in [0.15, 0.2) is 42.5 Å². The highest BCUT2D eigenvalue weighted by atomic mass is 35.5. The third-order valence-electron chi connectivity index (χ3n) is 11.7. The molecule has 1 aliphatic heterocycles. The van der Waals surface area contributed by atoms with Crippen molar-refractivity contribution in [3.05, 3.63) is 97.7 Å². The van der Waals surface area contributed by atoms with Crippen LogP contribution in [-0.4, -0.2) is 100 Å². The molecule has 1 aliphatic rings. The van der Waals surface area contributed by atoms with Crippen LogP contribution in [0.2, 0.25) is 10.0 Å². The lowest BCUT2D eigenvalue weighted by atomic mass is 9.96. The number of hydrogen-bond acceptors (Lipinski definition) is 8. The Morgan fingerprint density at radius 1 is 0.917 bits per heavy atom. The van der Waals surface area contributed by atoms with Crippen molar-refractivity contribution in [2.24, 2.45) is 7.05 Å². The summed E-state index contributed by atoms with van der Waals surface area (Å²) in [6.45, 7) is 20.3. The number of rotatable bonds is 13. The topological polar surface area (TPSA) is 118 Å². The normalized spacial score (nSPS) is 14.1. The lowest BCUT2D eigenvalue weighted by molar-refractivity contribution is -0.0980. The van der Waals surface area contributed by atoms with Gasteiger partial charge in [0.25, 0.3) is 0 Å². The first-order valence-electron chi connectivity index (χ1n) is 20.5. The van der Waals surface area contributed by atoms with Crippen LogP contribution < -0.4 is 10.1 Å². The van der Waals surface area contributed by atoms with Crippen LogP contribution in [0.4, 0.5) is 0 Å². The van der Waals surface area contributed by atoms with Gasteiger partial charge in [-0.1, -0.05) is 29.3 Å². The molecule has 0 radical (unpaired) electrons.